The minimum absolute atomic E-state index is 0.121. The van der Waals surface area contributed by atoms with Crippen LogP contribution in [0, 0.1) is 19.7 Å². The molecule has 1 aromatic heterocycles. The molecular weight excluding hydrogens is 596 g/mol. The molecule has 5 rings (SSSR count). The van der Waals surface area contributed by atoms with Gasteiger partial charge in [0, 0.05) is 29.1 Å². The molecule has 0 saturated carbocycles. The van der Waals surface area contributed by atoms with Crippen molar-refractivity contribution >= 4 is 15.7 Å². The first kappa shape index (κ1) is 29.9. The predicted octanol–water partition coefficient (Wildman–Crippen LogP) is 6.27. The summed E-state index contributed by atoms with van der Waals surface area (Å²) in [6.07, 6.45) is -13.5. The quantitative estimate of drug-likeness (QED) is 0.256. The average molecular weight is 619 g/mol. The van der Waals surface area contributed by atoms with Gasteiger partial charge in [-0.3, -0.25) is 9.78 Å². The van der Waals surface area contributed by atoms with E-state index < -0.39 is 62.4 Å². The molecule has 2 unspecified atom stereocenters. The van der Waals surface area contributed by atoms with Crippen LogP contribution in [0.1, 0.15) is 44.9 Å². The Morgan fingerprint density at radius 3 is 2.02 bits per heavy atom. The maximum atomic E-state index is 15.0. The maximum absolute atomic E-state index is 15.0. The van der Waals surface area contributed by atoms with Gasteiger partial charge in [-0.25, -0.2) is 17.2 Å². The molecule has 42 heavy (non-hydrogen) atoms. The van der Waals surface area contributed by atoms with E-state index in [1.807, 2.05) is 0 Å². The second kappa shape index (κ2) is 9.48. The zero-order chi connectivity index (χ0) is 31.0. The molecule has 2 aliphatic rings. The third-order valence-corrected chi connectivity index (χ3v) is 10.5. The molecule has 1 aliphatic carbocycles. The molecule has 0 N–H and O–H groups in total. The lowest BCUT2D eigenvalue weighted by molar-refractivity contribution is -0.348. The van der Waals surface area contributed by atoms with Crippen molar-refractivity contribution in [3.8, 4) is 0 Å². The lowest BCUT2D eigenvalue weighted by Crippen LogP contribution is -2.50. The molecular formula is C28H22F8N2O3S. The van der Waals surface area contributed by atoms with Crippen LogP contribution in [-0.2, 0) is 26.7 Å². The highest BCUT2D eigenvalue weighted by molar-refractivity contribution is 7.92. The molecule has 0 bridgehead atoms. The summed E-state index contributed by atoms with van der Waals surface area (Å²) in [5.41, 5.74) is -6.78. The molecule has 3 aromatic rings. The number of carbonyl (C=O) groups is 1. The van der Waals surface area contributed by atoms with E-state index in [0.717, 1.165) is 30.3 Å². The Labute approximate surface area is 235 Å². The number of rotatable bonds is 4. The van der Waals surface area contributed by atoms with Gasteiger partial charge < -0.3 is 4.90 Å². The van der Waals surface area contributed by atoms with Crippen LogP contribution in [0.15, 0.2) is 59.5 Å². The summed E-state index contributed by atoms with van der Waals surface area (Å²) in [5, 5.41) is 0. The number of likely N-dealkylation sites (tertiary alicyclic amines) is 1. The van der Waals surface area contributed by atoms with Crippen molar-refractivity contribution in [2.24, 2.45) is 0 Å². The van der Waals surface area contributed by atoms with E-state index in [1.165, 1.54) is 17.0 Å². The van der Waals surface area contributed by atoms with Crippen molar-refractivity contribution in [2.45, 2.75) is 60.4 Å². The van der Waals surface area contributed by atoms with Crippen LogP contribution in [0.25, 0.3) is 0 Å². The smallest absolute Gasteiger partial charge is 0.333 e. The van der Waals surface area contributed by atoms with Gasteiger partial charge in [-0.15, -0.1) is 0 Å². The van der Waals surface area contributed by atoms with Crippen molar-refractivity contribution in [3.63, 3.8) is 0 Å². The molecule has 224 valence electrons. The van der Waals surface area contributed by atoms with Crippen LogP contribution < -0.4 is 0 Å². The molecule has 5 nitrogen and oxygen atoms in total. The molecule has 14 heteroatoms. The third-order valence-electron chi connectivity index (χ3n) is 7.98. The number of carbonyl (C=O) groups excluding carboxylic acids is 1. The number of hydrogen-bond donors (Lipinski definition) is 0. The number of pyridine rings is 1. The Morgan fingerprint density at radius 2 is 1.48 bits per heavy atom. The maximum Gasteiger partial charge on any atom is 0.435 e. The first-order valence-electron chi connectivity index (χ1n) is 12.6. The highest BCUT2D eigenvalue weighted by Gasteiger charge is 2.74. The summed E-state index contributed by atoms with van der Waals surface area (Å²) in [4.78, 5) is 18.7. The number of alkyl halides is 7. The van der Waals surface area contributed by atoms with Gasteiger partial charge >= 0.3 is 18.0 Å². The monoisotopic (exact) mass is 618 g/mol. The lowest BCUT2D eigenvalue weighted by atomic mass is 9.90. The fourth-order valence-corrected chi connectivity index (χ4v) is 8.52. The number of amides is 1. The summed E-state index contributed by atoms with van der Waals surface area (Å²) in [7, 11) is -4.55. The summed E-state index contributed by atoms with van der Waals surface area (Å²) in [6.45, 7) is 3.15. The van der Waals surface area contributed by atoms with Gasteiger partial charge in [0.05, 0.1) is 10.9 Å². The molecule has 1 fully saturated rings. The van der Waals surface area contributed by atoms with Crippen molar-refractivity contribution in [1.29, 1.82) is 0 Å². The predicted molar refractivity (Wildman–Crippen MR) is 133 cm³/mol. The van der Waals surface area contributed by atoms with Crippen LogP contribution in [0.2, 0.25) is 0 Å². The van der Waals surface area contributed by atoms with Crippen LogP contribution in [0.4, 0.5) is 35.1 Å². The molecule has 1 saturated heterocycles. The second-order valence-corrected chi connectivity index (χ2v) is 12.7. The minimum Gasteiger partial charge on any atom is -0.333 e. The molecule has 1 amide bonds. The number of aryl methyl sites for hydroxylation is 2. The third kappa shape index (κ3) is 4.20. The van der Waals surface area contributed by atoms with Crippen molar-refractivity contribution in [1.82, 2.24) is 9.88 Å². The second-order valence-electron chi connectivity index (χ2n) is 10.5. The van der Waals surface area contributed by atoms with Crippen LogP contribution >= 0.6 is 0 Å². The summed E-state index contributed by atoms with van der Waals surface area (Å²) in [5.74, 6) is -1.37. The number of hydrogen-bond acceptors (Lipinski definition) is 4. The highest BCUT2D eigenvalue weighted by Crippen LogP contribution is 2.57. The number of fused-ring (bicyclic) bond motifs is 3. The van der Waals surface area contributed by atoms with Crippen LogP contribution in [0.5, 0.6) is 0 Å². The topological polar surface area (TPSA) is 67.3 Å². The Hall–Kier alpha value is -3.55. The molecule has 2 aromatic carbocycles. The fourth-order valence-electron chi connectivity index (χ4n) is 6.19. The molecule has 2 atom stereocenters. The zero-order valence-corrected chi connectivity index (χ0v) is 22.8. The van der Waals surface area contributed by atoms with E-state index in [0.29, 0.717) is 17.5 Å². The summed E-state index contributed by atoms with van der Waals surface area (Å²) < 4.78 is 136. The Balaban J connectivity index is 1.71. The van der Waals surface area contributed by atoms with Crippen molar-refractivity contribution in [2.75, 3.05) is 6.54 Å². The van der Waals surface area contributed by atoms with Crippen LogP contribution in [-0.4, -0.2) is 49.1 Å². The lowest BCUT2D eigenvalue weighted by Gasteiger charge is -2.33. The molecule has 2 heterocycles. The number of halogens is 8. The number of sulfone groups is 1. The molecule has 0 spiro atoms. The number of benzene rings is 2. The van der Waals surface area contributed by atoms with E-state index in [-0.39, 0.29) is 40.6 Å². The van der Waals surface area contributed by atoms with Gasteiger partial charge in [0.2, 0.25) is 0 Å². The van der Waals surface area contributed by atoms with Gasteiger partial charge in [-0.2, -0.15) is 26.3 Å². The van der Waals surface area contributed by atoms with Gasteiger partial charge in [0.1, 0.15) is 10.6 Å². The summed E-state index contributed by atoms with van der Waals surface area (Å²) >= 11 is 0. The van der Waals surface area contributed by atoms with E-state index in [2.05, 4.69) is 4.98 Å². The van der Waals surface area contributed by atoms with E-state index in [9.17, 15) is 48.3 Å². The minimum atomic E-state index is -6.37. The van der Waals surface area contributed by atoms with Crippen molar-refractivity contribution < 1.29 is 48.3 Å². The SMILES string of the molecule is Cc1cc(C(=O)N2CCC3(S(=O)(=O)c4ccc(F)cc4)c4ccc(C(F)(C(F)(F)F)C(F)(F)F)cc4CC23)cc(C)n1. The first-order valence-corrected chi connectivity index (χ1v) is 14.1. The Morgan fingerprint density at radius 1 is 0.905 bits per heavy atom. The zero-order valence-electron chi connectivity index (χ0n) is 21.9. The number of nitrogens with zero attached hydrogens (tertiary/aromatic N) is 2. The summed E-state index contributed by atoms with van der Waals surface area (Å²) in [6, 6.07) is 6.83. The van der Waals surface area contributed by atoms with Crippen LogP contribution in [0.3, 0.4) is 0 Å². The standard InChI is InChI=1S/C28H22F8N2O3S/c1-15-11-18(12-16(2)37-15)24(39)38-10-9-25(42(40,41)21-6-4-20(29)5-7-21)22-8-3-19(13-17(22)14-23(25)38)26(30,27(31,32)33)28(34,35)36/h3-8,11-13,23H,9-10,14H2,1-2H3. The highest BCUT2D eigenvalue weighted by atomic mass is 32.2. The van der Waals surface area contributed by atoms with Gasteiger partial charge in [-0.1, -0.05) is 18.2 Å². The molecule has 1 aliphatic heterocycles. The number of aromatic nitrogens is 1. The first-order chi connectivity index (χ1) is 19.3. The molecule has 0 radical (unpaired) electrons. The Bertz CT molecular complexity index is 1650. The average Bonchev–Trinajstić information content (AvgIpc) is 3.41. The van der Waals surface area contributed by atoms with Gasteiger partial charge in [-0.05, 0) is 74.2 Å². The largest absolute Gasteiger partial charge is 0.435 e. The van der Waals surface area contributed by atoms with E-state index in [1.54, 1.807) is 13.8 Å². The fraction of sp³-hybridized carbons (Fsp3) is 0.357. The van der Waals surface area contributed by atoms with Gasteiger partial charge in [0.15, 0.2) is 9.84 Å². The Kier molecular flexibility index (Phi) is 6.75. The van der Waals surface area contributed by atoms with E-state index >= 15 is 0 Å². The van der Waals surface area contributed by atoms with Crippen molar-refractivity contribution in [3.05, 3.63) is 94.1 Å². The normalized spacial score (nSPS) is 20.9. The van der Waals surface area contributed by atoms with Gasteiger partial charge in [0.25, 0.3) is 5.91 Å². The van der Waals surface area contributed by atoms with E-state index in [4.69, 9.17) is 0 Å².